The number of rotatable bonds is 7. The number of benzene rings is 1. The average Bonchev–Trinajstić information content (AvgIpc) is 3.04. The maximum absolute atomic E-state index is 12.3. The average molecular weight is 425 g/mol. The standard InChI is InChI=1S/C22H20N2O5S/c1-13(25)17-20(27)24-18(22(28)29)19(30-21(17)24)15-7-5-14(6-8-15)11-16(26)12-23-9-3-2-4-10-23/h2-10,13,17,21,25H,11-12H2,1H3/p+1/t13-,17+,21-/m1/s1. The molecule has 3 heterocycles. The third-order valence-corrected chi connectivity index (χ3v) is 6.67. The van der Waals surface area contributed by atoms with Crippen LogP contribution < -0.4 is 4.57 Å². The summed E-state index contributed by atoms with van der Waals surface area (Å²) in [5.41, 5.74) is 1.47. The Hall–Kier alpha value is -2.97. The summed E-state index contributed by atoms with van der Waals surface area (Å²) in [6.07, 6.45) is 3.11. The zero-order chi connectivity index (χ0) is 21.4. The van der Waals surface area contributed by atoms with Gasteiger partial charge in [-0.1, -0.05) is 42.1 Å². The second-order valence-electron chi connectivity index (χ2n) is 7.43. The Balaban J connectivity index is 1.50. The summed E-state index contributed by atoms with van der Waals surface area (Å²) >= 11 is 1.29. The molecule has 0 radical (unpaired) electrons. The molecule has 0 bridgehead atoms. The summed E-state index contributed by atoms with van der Waals surface area (Å²) in [4.78, 5) is 38.2. The summed E-state index contributed by atoms with van der Waals surface area (Å²) in [5.74, 6) is -2.07. The first kappa shape index (κ1) is 20.3. The predicted octanol–water partition coefficient (Wildman–Crippen LogP) is 1.45. The Labute approximate surface area is 177 Å². The minimum absolute atomic E-state index is 0.0452. The Morgan fingerprint density at radius 1 is 1.17 bits per heavy atom. The van der Waals surface area contributed by atoms with E-state index in [0.29, 0.717) is 10.5 Å². The molecule has 30 heavy (non-hydrogen) atoms. The normalized spacial score (nSPS) is 21.3. The summed E-state index contributed by atoms with van der Waals surface area (Å²) in [7, 11) is 0. The molecule has 1 aromatic carbocycles. The van der Waals surface area contributed by atoms with Crippen molar-refractivity contribution in [3.63, 3.8) is 0 Å². The predicted molar refractivity (Wildman–Crippen MR) is 110 cm³/mol. The van der Waals surface area contributed by atoms with E-state index in [1.807, 2.05) is 35.2 Å². The molecule has 1 amide bonds. The van der Waals surface area contributed by atoms with Gasteiger partial charge in [-0.05, 0) is 18.1 Å². The number of amides is 1. The molecule has 2 aromatic rings. The number of β-lactam (4-membered cyclic amide) rings is 1. The number of thioether (sulfide) groups is 1. The van der Waals surface area contributed by atoms with E-state index in [1.165, 1.54) is 16.7 Å². The Bertz CT molecular complexity index is 1030. The molecular formula is C22H21N2O5S+. The number of carbonyl (C=O) groups is 3. The largest absolute Gasteiger partial charge is 0.477 e. The van der Waals surface area contributed by atoms with Gasteiger partial charge in [-0.3, -0.25) is 14.5 Å². The van der Waals surface area contributed by atoms with E-state index < -0.39 is 23.4 Å². The number of carboxylic acid groups (broad SMARTS) is 1. The third kappa shape index (κ3) is 3.64. The fraction of sp³-hybridized carbons (Fsp3) is 0.273. The fourth-order valence-corrected chi connectivity index (χ4v) is 5.40. The van der Waals surface area contributed by atoms with Crippen LogP contribution in [0.15, 0.2) is 60.6 Å². The number of nitrogens with zero attached hydrogens (tertiary/aromatic N) is 2. The van der Waals surface area contributed by atoms with Crippen LogP contribution in [-0.4, -0.2) is 44.3 Å². The van der Waals surface area contributed by atoms with Crippen LogP contribution >= 0.6 is 11.8 Å². The van der Waals surface area contributed by atoms with Gasteiger partial charge in [0.2, 0.25) is 18.2 Å². The summed E-state index contributed by atoms with van der Waals surface area (Å²) < 4.78 is 1.82. The number of pyridine rings is 1. The molecule has 0 spiro atoms. The topological polar surface area (TPSA) is 98.8 Å². The highest BCUT2D eigenvalue weighted by Crippen LogP contribution is 2.53. The van der Waals surface area contributed by atoms with Crippen LogP contribution in [0.5, 0.6) is 0 Å². The molecule has 0 saturated carbocycles. The minimum atomic E-state index is -1.17. The number of fused-ring (bicyclic) bond motifs is 1. The molecule has 3 atom stereocenters. The van der Waals surface area contributed by atoms with Crippen LogP contribution in [-0.2, 0) is 27.3 Å². The number of carbonyl (C=O) groups excluding carboxylic acids is 2. The van der Waals surface area contributed by atoms with Crippen LogP contribution in [0.3, 0.4) is 0 Å². The number of hydrogen-bond acceptors (Lipinski definition) is 5. The zero-order valence-electron chi connectivity index (χ0n) is 16.3. The minimum Gasteiger partial charge on any atom is -0.477 e. The van der Waals surface area contributed by atoms with E-state index in [2.05, 4.69) is 0 Å². The van der Waals surface area contributed by atoms with Gasteiger partial charge < -0.3 is 10.2 Å². The van der Waals surface area contributed by atoms with Crippen molar-refractivity contribution in [1.29, 1.82) is 0 Å². The van der Waals surface area contributed by atoms with Gasteiger partial charge in [0.25, 0.3) is 0 Å². The van der Waals surface area contributed by atoms with Crippen molar-refractivity contribution in [3.05, 3.63) is 71.7 Å². The first-order valence-corrected chi connectivity index (χ1v) is 10.4. The van der Waals surface area contributed by atoms with Crippen LogP contribution in [0.4, 0.5) is 0 Å². The monoisotopic (exact) mass is 425 g/mol. The smallest absolute Gasteiger partial charge is 0.353 e. The molecule has 8 heteroatoms. The second-order valence-corrected chi connectivity index (χ2v) is 8.55. The second kappa shape index (κ2) is 8.04. The number of carboxylic acids is 1. The summed E-state index contributed by atoms with van der Waals surface area (Å²) in [5, 5.41) is 19.1. The lowest BCUT2D eigenvalue weighted by Gasteiger charge is -2.43. The van der Waals surface area contributed by atoms with Gasteiger partial charge in [0.15, 0.2) is 12.4 Å². The highest BCUT2D eigenvalue weighted by Gasteiger charge is 2.57. The zero-order valence-corrected chi connectivity index (χ0v) is 17.1. The van der Waals surface area contributed by atoms with Crippen molar-refractivity contribution in [2.45, 2.75) is 31.4 Å². The molecule has 2 aliphatic rings. The lowest BCUT2D eigenvalue weighted by atomic mass is 9.92. The molecule has 0 aliphatic carbocycles. The van der Waals surface area contributed by atoms with Gasteiger partial charge in [0.05, 0.1) is 12.0 Å². The summed E-state index contributed by atoms with van der Waals surface area (Å²) in [6, 6.07) is 12.8. The van der Waals surface area contributed by atoms with Gasteiger partial charge in [0.1, 0.15) is 11.1 Å². The number of ketones is 1. The van der Waals surface area contributed by atoms with Crippen molar-refractivity contribution >= 4 is 34.3 Å². The van der Waals surface area contributed by atoms with E-state index in [1.54, 1.807) is 31.2 Å². The number of aromatic nitrogens is 1. The molecule has 2 aliphatic heterocycles. The van der Waals surface area contributed by atoms with Crippen molar-refractivity contribution in [3.8, 4) is 0 Å². The van der Waals surface area contributed by atoms with Gasteiger partial charge in [-0.2, -0.15) is 4.57 Å². The van der Waals surface area contributed by atoms with Gasteiger partial charge in [0, 0.05) is 23.5 Å². The van der Waals surface area contributed by atoms with Crippen LogP contribution in [0.25, 0.3) is 4.91 Å². The van der Waals surface area contributed by atoms with Crippen LogP contribution in [0.1, 0.15) is 18.1 Å². The van der Waals surface area contributed by atoms with Crippen molar-refractivity contribution < 1.29 is 29.2 Å². The Morgan fingerprint density at radius 2 is 1.83 bits per heavy atom. The number of aliphatic hydroxyl groups excluding tert-OH is 1. The molecule has 4 rings (SSSR count). The van der Waals surface area contributed by atoms with Crippen LogP contribution in [0.2, 0.25) is 0 Å². The first-order valence-electron chi connectivity index (χ1n) is 9.57. The van der Waals surface area contributed by atoms with E-state index in [4.69, 9.17) is 0 Å². The number of Topliss-reactive ketones (excluding diaryl/α,β-unsaturated/α-hetero) is 1. The highest BCUT2D eigenvalue weighted by atomic mass is 32.2. The Morgan fingerprint density at radius 3 is 2.43 bits per heavy atom. The molecule has 0 unspecified atom stereocenters. The maximum atomic E-state index is 12.3. The van der Waals surface area contributed by atoms with E-state index in [9.17, 15) is 24.6 Å². The third-order valence-electron chi connectivity index (χ3n) is 5.25. The number of aliphatic hydroxyl groups is 1. The van der Waals surface area contributed by atoms with Crippen LogP contribution in [0, 0.1) is 5.92 Å². The molecule has 154 valence electrons. The first-order chi connectivity index (χ1) is 14.4. The quantitative estimate of drug-likeness (QED) is 0.515. The maximum Gasteiger partial charge on any atom is 0.353 e. The van der Waals surface area contributed by atoms with E-state index >= 15 is 0 Å². The molecule has 7 nitrogen and oxygen atoms in total. The SMILES string of the molecule is C[C@@H](O)[C@H]1C(=O)N2C(C(=O)O)=C(c3ccc(CC(=O)C[n+]4ccccc4)cc3)S[C@H]12. The van der Waals surface area contributed by atoms with E-state index in [-0.39, 0.29) is 30.4 Å². The number of aliphatic carboxylic acids is 1. The van der Waals surface area contributed by atoms with Gasteiger partial charge in [-0.15, -0.1) is 0 Å². The Kier molecular flexibility index (Phi) is 5.44. The van der Waals surface area contributed by atoms with Crippen molar-refractivity contribution in [1.82, 2.24) is 4.90 Å². The van der Waals surface area contributed by atoms with Crippen molar-refractivity contribution in [2.75, 3.05) is 0 Å². The molecule has 1 fully saturated rings. The molecule has 1 aromatic heterocycles. The highest BCUT2D eigenvalue weighted by molar-refractivity contribution is 8.09. The van der Waals surface area contributed by atoms with E-state index in [0.717, 1.165) is 5.56 Å². The lowest BCUT2D eigenvalue weighted by Crippen LogP contribution is -2.60. The summed E-state index contributed by atoms with van der Waals surface area (Å²) in [6.45, 7) is 1.82. The molecular weight excluding hydrogens is 404 g/mol. The molecule has 2 N–H and O–H groups in total. The van der Waals surface area contributed by atoms with Gasteiger partial charge in [-0.25, -0.2) is 4.79 Å². The number of hydrogen-bond donors (Lipinski definition) is 2. The molecule has 1 saturated heterocycles. The lowest BCUT2D eigenvalue weighted by molar-refractivity contribution is -0.684. The fourth-order valence-electron chi connectivity index (χ4n) is 3.79. The van der Waals surface area contributed by atoms with Gasteiger partial charge >= 0.3 is 5.97 Å². The van der Waals surface area contributed by atoms with Crippen molar-refractivity contribution in [2.24, 2.45) is 5.92 Å².